The minimum Gasteiger partial charge on any atom is -0.396 e. The van der Waals surface area contributed by atoms with Crippen LogP contribution in [-0.2, 0) is 6.54 Å². The van der Waals surface area contributed by atoms with Gasteiger partial charge in [0.1, 0.15) is 0 Å². The maximum atomic E-state index is 12.0. The summed E-state index contributed by atoms with van der Waals surface area (Å²) in [5, 5.41) is 13.5. The highest BCUT2D eigenvalue weighted by molar-refractivity contribution is 5.78. The highest BCUT2D eigenvalue weighted by atomic mass is 16.3. The number of benzene rings is 1. The minimum absolute atomic E-state index is 0.0248. The Kier molecular flexibility index (Phi) is 3.59. The summed E-state index contributed by atoms with van der Waals surface area (Å²) in [6.45, 7) is 1.70. The fourth-order valence-electron chi connectivity index (χ4n) is 2.72. The lowest BCUT2D eigenvalue weighted by Crippen LogP contribution is -2.27. The molecule has 1 heterocycles. The Labute approximate surface area is 117 Å². The van der Waals surface area contributed by atoms with Crippen molar-refractivity contribution in [1.29, 1.82) is 0 Å². The molecular weight excluding hydrogens is 252 g/mol. The number of aromatic nitrogens is 1. The molecule has 4 heteroatoms. The highest BCUT2D eigenvalue weighted by Crippen LogP contribution is 2.47. The number of hydrogen-bond donors (Lipinski definition) is 3. The summed E-state index contributed by atoms with van der Waals surface area (Å²) >= 11 is 0. The van der Waals surface area contributed by atoms with Crippen LogP contribution in [0.25, 0.3) is 10.9 Å². The molecule has 1 aromatic heterocycles. The molecule has 0 radical (unpaired) electrons. The normalized spacial score (nSPS) is 16.4. The molecule has 106 valence electrons. The molecule has 0 atom stereocenters. The number of nitrogens with one attached hydrogen (secondary N) is 2. The summed E-state index contributed by atoms with van der Waals surface area (Å²) in [5.74, 6) is 0. The molecule has 3 rings (SSSR count). The van der Waals surface area contributed by atoms with E-state index in [1.807, 2.05) is 30.3 Å². The molecule has 1 aliphatic carbocycles. The number of rotatable bonds is 6. The molecule has 0 bridgehead atoms. The van der Waals surface area contributed by atoms with Crippen molar-refractivity contribution in [2.45, 2.75) is 25.8 Å². The third kappa shape index (κ3) is 2.76. The van der Waals surface area contributed by atoms with Crippen LogP contribution in [0.4, 0.5) is 0 Å². The summed E-state index contributed by atoms with van der Waals surface area (Å²) in [6, 6.07) is 9.75. The zero-order valence-corrected chi connectivity index (χ0v) is 11.5. The van der Waals surface area contributed by atoms with E-state index in [0.717, 1.165) is 29.4 Å². The average molecular weight is 272 g/mol. The Morgan fingerprint density at radius 2 is 2.10 bits per heavy atom. The molecule has 2 aromatic rings. The summed E-state index contributed by atoms with van der Waals surface area (Å²) < 4.78 is 0. The van der Waals surface area contributed by atoms with Crippen molar-refractivity contribution in [1.82, 2.24) is 10.3 Å². The van der Waals surface area contributed by atoms with Gasteiger partial charge in [-0.25, -0.2) is 0 Å². The fraction of sp³-hybridized carbons (Fsp3) is 0.438. The monoisotopic (exact) mass is 272 g/mol. The van der Waals surface area contributed by atoms with Crippen molar-refractivity contribution in [3.8, 4) is 0 Å². The molecule has 1 fully saturated rings. The van der Waals surface area contributed by atoms with Gasteiger partial charge in [-0.1, -0.05) is 18.2 Å². The van der Waals surface area contributed by atoms with Gasteiger partial charge >= 0.3 is 0 Å². The second-order valence-corrected chi connectivity index (χ2v) is 5.79. The summed E-state index contributed by atoms with van der Waals surface area (Å²) in [5.41, 5.74) is 1.89. The summed E-state index contributed by atoms with van der Waals surface area (Å²) in [4.78, 5) is 14.9. The van der Waals surface area contributed by atoms with Gasteiger partial charge in [-0.3, -0.25) is 4.79 Å². The van der Waals surface area contributed by atoms with Crippen molar-refractivity contribution in [2.24, 2.45) is 5.41 Å². The molecule has 3 N–H and O–H groups in total. The molecular formula is C16H20N2O2. The van der Waals surface area contributed by atoms with Crippen LogP contribution in [0.2, 0.25) is 0 Å². The first-order valence-corrected chi connectivity index (χ1v) is 7.15. The van der Waals surface area contributed by atoms with Crippen LogP contribution in [0.5, 0.6) is 0 Å². The maximum absolute atomic E-state index is 12.0. The van der Waals surface area contributed by atoms with Crippen LogP contribution in [0.1, 0.15) is 24.8 Å². The van der Waals surface area contributed by atoms with Crippen LogP contribution in [-0.4, -0.2) is 23.2 Å². The molecule has 0 aliphatic heterocycles. The van der Waals surface area contributed by atoms with E-state index in [4.69, 9.17) is 5.11 Å². The smallest absolute Gasteiger partial charge is 0.252 e. The highest BCUT2D eigenvalue weighted by Gasteiger charge is 2.41. The average Bonchev–Trinajstić information content (AvgIpc) is 3.20. The molecule has 1 saturated carbocycles. The zero-order chi connectivity index (χ0) is 14.0. The fourth-order valence-corrected chi connectivity index (χ4v) is 2.72. The van der Waals surface area contributed by atoms with Crippen molar-refractivity contribution in [3.05, 3.63) is 46.2 Å². The van der Waals surface area contributed by atoms with Gasteiger partial charge in [0.2, 0.25) is 0 Å². The van der Waals surface area contributed by atoms with E-state index in [1.54, 1.807) is 0 Å². The van der Waals surface area contributed by atoms with Gasteiger partial charge in [-0.2, -0.15) is 0 Å². The molecule has 0 saturated heterocycles. The topological polar surface area (TPSA) is 65.1 Å². The van der Waals surface area contributed by atoms with Gasteiger partial charge < -0.3 is 15.4 Å². The summed E-state index contributed by atoms with van der Waals surface area (Å²) in [7, 11) is 0. The number of pyridine rings is 1. The molecule has 1 aliphatic rings. The lowest BCUT2D eigenvalue weighted by atomic mass is 10.0. The van der Waals surface area contributed by atoms with E-state index in [2.05, 4.69) is 10.3 Å². The largest absolute Gasteiger partial charge is 0.396 e. The van der Waals surface area contributed by atoms with Crippen molar-refractivity contribution < 1.29 is 5.11 Å². The second kappa shape index (κ2) is 5.38. The Morgan fingerprint density at radius 1 is 1.30 bits per heavy atom. The van der Waals surface area contributed by atoms with E-state index < -0.39 is 0 Å². The number of fused-ring (bicyclic) bond motifs is 1. The van der Waals surface area contributed by atoms with E-state index in [9.17, 15) is 4.79 Å². The lowest BCUT2D eigenvalue weighted by Gasteiger charge is -2.14. The molecule has 4 nitrogen and oxygen atoms in total. The molecule has 0 amide bonds. The summed E-state index contributed by atoms with van der Waals surface area (Å²) in [6.07, 6.45) is 3.21. The Hall–Kier alpha value is -1.65. The van der Waals surface area contributed by atoms with Gasteiger partial charge in [-0.15, -0.1) is 0 Å². The second-order valence-electron chi connectivity index (χ2n) is 5.79. The van der Waals surface area contributed by atoms with Gasteiger partial charge in [-0.05, 0) is 42.2 Å². The number of aliphatic hydroxyl groups excluding tert-OH is 1. The van der Waals surface area contributed by atoms with Gasteiger partial charge in [0.25, 0.3) is 5.56 Å². The van der Waals surface area contributed by atoms with Crippen LogP contribution in [0.3, 0.4) is 0 Å². The number of para-hydroxylation sites is 1. The van der Waals surface area contributed by atoms with Crippen LogP contribution in [0.15, 0.2) is 35.1 Å². The van der Waals surface area contributed by atoms with E-state index in [0.29, 0.717) is 6.54 Å². The molecule has 20 heavy (non-hydrogen) atoms. The number of hydrogen-bond acceptors (Lipinski definition) is 3. The Balaban J connectivity index is 1.68. The van der Waals surface area contributed by atoms with E-state index >= 15 is 0 Å². The third-order valence-electron chi connectivity index (χ3n) is 4.25. The predicted molar refractivity (Wildman–Crippen MR) is 79.6 cm³/mol. The van der Waals surface area contributed by atoms with Gasteiger partial charge in [0.05, 0.1) is 0 Å². The van der Waals surface area contributed by atoms with E-state index in [1.165, 1.54) is 12.8 Å². The first-order valence-electron chi connectivity index (χ1n) is 7.15. The SMILES string of the molecule is O=c1[nH]c2ccccc2cc1CNCC1(CCO)CC1. The minimum atomic E-state index is -0.0248. The first kappa shape index (κ1) is 13.3. The Morgan fingerprint density at radius 3 is 2.85 bits per heavy atom. The standard InChI is InChI=1S/C16H20N2O2/c19-8-7-16(5-6-16)11-17-10-13-9-12-3-1-2-4-14(12)18-15(13)20/h1-4,9,17,19H,5-8,10-11H2,(H,18,20). The maximum Gasteiger partial charge on any atom is 0.252 e. The van der Waals surface area contributed by atoms with Crippen molar-refractivity contribution in [3.63, 3.8) is 0 Å². The van der Waals surface area contributed by atoms with E-state index in [-0.39, 0.29) is 17.6 Å². The number of aromatic amines is 1. The van der Waals surface area contributed by atoms with Gasteiger partial charge in [0.15, 0.2) is 0 Å². The van der Waals surface area contributed by atoms with Crippen LogP contribution >= 0.6 is 0 Å². The molecule has 0 unspecified atom stereocenters. The predicted octanol–water partition coefficient (Wildman–Crippen LogP) is 1.78. The number of aliphatic hydroxyl groups is 1. The van der Waals surface area contributed by atoms with Crippen molar-refractivity contribution >= 4 is 10.9 Å². The van der Waals surface area contributed by atoms with Gasteiger partial charge in [0, 0.05) is 30.8 Å². The van der Waals surface area contributed by atoms with Crippen LogP contribution < -0.4 is 10.9 Å². The van der Waals surface area contributed by atoms with Crippen molar-refractivity contribution in [2.75, 3.05) is 13.2 Å². The zero-order valence-electron chi connectivity index (χ0n) is 11.5. The quantitative estimate of drug-likeness (QED) is 0.751. The Bertz CT molecular complexity index is 659. The molecule has 0 spiro atoms. The first-order chi connectivity index (χ1) is 9.72. The van der Waals surface area contributed by atoms with Crippen LogP contribution in [0, 0.1) is 5.41 Å². The lowest BCUT2D eigenvalue weighted by molar-refractivity contribution is 0.245. The third-order valence-corrected chi connectivity index (χ3v) is 4.25. The molecule has 1 aromatic carbocycles. The number of H-pyrrole nitrogens is 1.